The first-order valence-electron chi connectivity index (χ1n) is 6.04. The van der Waals surface area contributed by atoms with Gasteiger partial charge in [0, 0.05) is 10.4 Å². The number of rotatable bonds is 2. The summed E-state index contributed by atoms with van der Waals surface area (Å²) in [7, 11) is 0. The topological polar surface area (TPSA) is 34.9 Å². The van der Waals surface area contributed by atoms with E-state index in [0.29, 0.717) is 10.9 Å². The second kappa shape index (κ2) is 5.06. The first kappa shape index (κ1) is 12.8. The average Bonchev–Trinajstić information content (AvgIpc) is 2.45. The molecule has 1 aromatic heterocycles. The third kappa shape index (κ3) is 2.30. The molecule has 1 heterocycles. The predicted molar refractivity (Wildman–Crippen MR) is 76.5 cm³/mol. The molecule has 0 saturated heterocycles. The Labute approximate surface area is 119 Å². The Bertz CT molecular complexity index is 845. The summed E-state index contributed by atoms with van der Waals surface area (Å²) in [6.07, 6.45) is 1.63. The van der Waals surface area contributed by atoms with Crippen LogP contribution < -0.4 is 5.56 Å². The summed E-state index contributed by atoms with van der Waals surface area (Å²) < 4.78 is 14.3. The zero-order valence-electron chi connectivity index (χ0n) is 10.4. The minimum Gasteiger partial charge on any atom is -0.267 e. The van der Waals surface area contributed by atoms with E-state index in [1.54, 1.807) is 24.4 Å². The van der Waals surface area contributed by atoms with Crippen LogP contribution >= 0.6 is 11.6 Å². The molecule has 0 amide bonds. The van der Waals surface area contributed by atoms with Crippen LogP contribution in [0.4, 0.5) is 4.39 Å². The van der Waals surface area contributed by atoms with Crippen molar-refractivity contribution in [3.63, 3.8) is 0 Å². The molecule has 0 fully saturated rings. The number of fused-ring (bicyclic) bond motifs is 1. The first-order chi connectivity index (χ1) is 9.65. The van der Waals surface area contributed by atoms with Crippen molar-refractivity contribution in [1.29, 1.82) is 0 Å². The van der Waals surface area contributed by atoms with E-state index in [0.717, 1.165) is 5.39 Å². The van der Waals surface area contributed by atoms with Crippen LogP contribution in [0, 0.1) is 5.82 Å². The fraction of sp³-hybridized carbons (Fsp3) is 0.0667. The van der Waals surface area contributed by atoms with Crippen LogP contribution in [0.5, 0.6) is 0 Å². The number of hydrogen-bond acceptors (Lipinski definition) is 2. The maximum absolute atomic E-state index is 13.0. The highest BCUT2D eigenvalue weighted by molar-refractivity contribution is 6.31. The Morgan fingerprint density at radius 2 is 2.00 bits per heavy atom. The van der Waals surface area contributed by atoms with Crippen LogP contribution in [0.15, 0.2) is 53.5 Å². The predicted octanol–water partition coefficient (Wildman–Crippen LogP) is 3.24. The van der Waals surface area contributed by atoms with Crippen molar-refractivity contribution >= 4 is 22.4 Å². The van der Waals surface area contributed by atoms with Crippen molar-refractivity contribution in [2.45, 2.75) is 6.54 Å². The van der Waals surface area contributed by atoms with Gasteiger partial charge < -0.3 is 0 Å². The van der Waals surface area contributed by atoms with Crippen LogP contribution in [-0.4, -0.2) is 9.78 Å². The normalized spacial score (nSPS) is 10.9. The molecule has 0 unspecified atom stereocenters. The van der Waals surface area contributed by atoms with Gasteiger partial charge >= 0.3 is 0 Å². The summed E-state index contributed by atoms with van der Waals surface area (Å²) in [4.78, 5) is 12.3. The van der Waals surface area contributed by atoms with E-state index in [4.69, 9.17) is 11.6 Å². The monoisotopic (exact) mass is 288 g/mol. The number of halogens is 2. The van der Waals surface area contributed by atoms with Gasteiger partial charge in [-0.1, -0.05) is 35.9 Å². The average molecular weight is 289 g/mol. The van der Waals surface area contributed by atoms with E-state index < -0.39 is 5.82 Å². The van der Waals surface area contributed by atoms with Gasteiger partial charge in [0.1, 0.15) is 5.82 Å². The molecule has 0 spiro atoms. The number of benzene rings is 2. The Morgan fingerprint density at radius 3 is 2.80 bits per heavy atom. The Balaban J connectivity index is 2.07. The number of hydrogen-bond donors (Lipinski definition) is 0. The van der Waals surface area contributed by atoms with Gasteiger partial charge in [-0.15, -0.1) is 0 Å². The van der Waals surface area contributed by atoms with Gasteiger partial charge in [0.05, 0.1) is 18.1 Å². The van der Waals surface area contributed by atoms with Crippen LogP contribution in [0.2, 0.25) is 5.02 Å². The van der Waals surface area contributed by atoms with Crippen molar-refractivity contribution < 1.29 is 4.39 Å². The van der Waals surface area contributed by atoms with Crippen molar-refractivity contribution in [3.8, 4) is 0 Å². The quantitative estimate of drug-likeness (QED) is 0.725. The molecule has 0 bridgehead atoms. The molecule has 0 aliphatic rings. The standard InChI is InChI=1S/C15H10ClFN2O/c16-14-7-12(17)6-5-11(14)9-19-15(20)13-4-2-1-3-10(13)8-18-19/h1-8H,9H2. The van der Waals surface area contributed by atoms with Crippen molar-refractivity contribution in [1.82, 2.24) is 9.78 Å². The third-order valence-corrected chi connectivity index (χ3v) is 3.45. The smallest absolute Gasteiger partial charge is 0.267 e. The Morgan fingerprint density at radius 1 is 1.20 bits per heavy atom. The summed E-state index contributed by atoms with van der Waals surface area (Å²) >= 11 is 5.97. The zero-order valence-corrected chi connectivity index (χ0v) is 11.1. The van der Waals surface area contributed by atoms with E-state index in [9.17, 15) is 9.18 Å². The third-order valence-electron chi connectivity index (χ3n) is 3.10. The van der Waals surface area contributed by atoms with E-state index >= 15 is 0 Å². The van der Waals surface area contributed by atoms with Gasteiger partial charge in [-0.05, 0) is 23.8 Å². The largest absolute Gasteiger partial charge is 0.274 e. The molecule has 2 aromatic carbocycles. The highest BCUT2D eigenvalue weighted by Crippen LogP contribution is 2.18. The highest BCUT2D eigenvalue weighted by atomic mass is 35.5. The minimum atomic E-state index is -0.405. The van der Waals surface area contributed by atoms with E-state index in [1.165, 1.54) is 16.8 Å². The van der Waals surface area contributed by atoms with E-state index in [1.807, 2.05) is 12.1 Å². The van der Waals surface area contributed by atoms with Crippen LogP contribution in [0.25, 0.3) is 10.8 Å². The molecule has 0 radical (unpaired) electrons. The van der Waals surface area contributed by atoms with Gasteiger partial charge in [-0.2, -0.15) is 5.10 Å². The lowest BCUT2D eigenvalue weighted by Crippen LogP contribution is -2.23. The fourth-order valence-corrected chi connectivity index (χ4v) is 2.28. The fourth-order valence-electron chi connectivity index (χ4n) is 2.05. The summed E-state index contributed by atoms with van der Waals surface area (Å²) in [6.45, 7) is 0.211. The highest BCUT2D eigenvalue weighted by Gasteiger charge is 2.07. The lowest BCUT2D eigenvalue weighted by atomic mass is 10.2. The molecule has 0 N–H and O–H groups in total. The molecule has 0 aliphatic heterocycles. The Hall–Kier alpha value is -2.20. The molecular weight excluding hydrogens is 279 g/mol. The summed E-state index contributed by atoms with van der Waals surface area (Å²) in [5.74, 6) is -0.405. The SMILES string of the molecule is O=c1c2ccccc2cnn1Cc1ccc(F)cc1Cl. The molecular formula is C15H10ClFN2O. The second-order valence-electron chi connectivity index (χ2n) is 4.43. The second-order valence-corrected chi connectivity index (χ2v) is 4.84. The van der Waals surface area contributed by atoms with Crippen molar-refractivity contribution in [3.05, 3.63) is 75.4 Å². The van der Waals surface area contributed by atoms with E-state index in [-0.39, 0.29) is 17.1 Å². The molecule has 3 nitrogen and oxygen atoms in total. The molecule has 0 aliphatic carbocycles. The maximum Gasteiger partial charge on any atom is 0.274 e. The van der Waals surface area contributed by atoms with Gasteiger partial charge in [0.25, 0.3) is 5.56 Å². The number of nitrogens with zero attached hydrogens (tertiary/aromatic N) is 2. The van der Waals surface area contributed by atoms with Crippen LogP contribution in [0.3, 0.4) is 0 Å². The zero-order chi connectivity index (χ0) is 14.1. The van der Waals surface area contributed by atoms with Gasteiger partial charge in [-0.3, -0.25) is 4.79 Å². The minimum absolute atomic E-state index is 0.191. The Kier molecular flexibility index (Phi) is 3.24. The maximum atomic E-state index is 13.0. The van der Waals surface area contributed by atoms with E-state index in [2.05, 4.69) is 5.10 Å². The summed E-state index contributed by atoms with van der Waals surface area (Å²) in [5, 5.41) is 5.79. The molecule has 100 valence electrons. The van der Waals surface area contributed by atoms with Crippen LogP contribution in [0.1, 0.15) is 5.56 Å². The lowest BCUT2D eigenvalue weighted by molar-refractivity contribution is 0.621. The molecule has 0 saturated carbocycles. The van der Waals surface area contributed by atoms with Gasteiger partial charge in [0.2, 0.25) is 0 Å². The summed E-state index contributed by atoms with van der Waals surface area (Å²) in [5.41, 5.74) is 0.460. The van der Waals surface area contributed by atoms with Crippen molar-refractivity contribution in [2.75, 3.05) is 0 Å². The van der Waals surface area contributed by atoms with Crippen LogP contribution in [-0.2, 0) is 6.54 Å². The van der Waals surface area contributed by atoms with Gasteiger partial charge in [-0.25, -0.2) is 9.07 Å². The molecule has 3 aromatic rings. The first-order valence-corrected chi connectivity index (χ1v) is 6.42. The summed E-state index contributed by atoms with van der Waals surface area (Å²) in [6, 6.07) is 11.3. The van der Waals surface area contributed by atoms with Gasteiger partial charge in [0.15, 0.2) is 0 Å². The lowest BCUT2D eigenvalue weighted by Gasteiger charge is -2.07. The molecule has 0 atom stereocenters. The molecule has 5 heteroatoms. The number of aromatic nitrogens is 2. The van der Waals surface area contributed by atoms with Crippen molar-refractivity contribution in [2.24, 2.45) is 0 Å². The molecule has 20 heavy (non-hydrogen) atoms. The molecule has 3 rings (SSSR count).